The highest BCUT2D eigenvalue weighted by Crippen LogP contribution is 2.14. The van der Waals surface area contributed by atoms with Crippen molar-refractivity contribution in [3.05, 3.63) is 12.7 Å². The van der Waals surface area contributed by atoms with E-state index in [0.717, 1.165) is 25.8 Å². The lowest BCUT2D eigenvalue weighted by Gasteiger charge is -2.11. The van der Waals surface area contributed by atoms with E-state index in [9.17, 15) is 4.79 Å². The lowest BCUT2D eigenvalue weighted by Crippen LogP contribution is -2.09. The summed E-state index contributed by atoms with van der Waals surface area (Å²) in [6, 6.07) is 0. The Hall–Kier alpha value is -0.630. The molecule has 0 spiro atoms. The van der Waals surface area contributed by atoms with Crippen molar-refractivity contribution < 1.29 is 4.79 Å². The third-order valence-electron chi connectivity index (χ3n) is 2.18. The summed E-state index contributed by atoms with van der Waals surface area (Å²) in [4.78, 5) is 10.9. The maximum Gasteiger partial charge on any atom is 0.155 e. The molecule has 2 heteroatoms. The Bertz CT molecular complexity index is 143. The number of rotatable bonds is 7. The molecule has 70 valence electrons. The lowest BCUT2D eigenvalue weighted by atomic mass is 9.95. The summed E-state index contributed by atoms with van der Waals surface area (Å²) >= 11 is 0. The smallest absolute Gasteiger partial charge is 0.155 e. The van der Waals surface area contributed by atoms with Gasteiger partial charge in [-0.1, -0.05) is 19.9 Å². The lowest BCUT2D eigenvalue weighted by molar-refractivity contribution is -0.114. The summed E-state index contributed by atoms with van der Waals surface area (Å²) in [5, 5.41) is 0. The first-order chi connectivity index (χ1) is 5.74. The van der Waals surface area contributed by atoms with Gasteiger partial charge in [0.05, 0.1) is 0 Å². The van der Waals surface area contributed by atoms with Gasteiger partial charge in [0.1, 0.15) is 0 Å². The van der Waals surface area contributed by atoms with Gasteiger partial charge in [-0.05, 0) is 31.4 Å². The van der Waals surface area contributed by atoms with E-state index >= 15 is 0 Å². The Kier molecular flexibility index (Phi) is 6.67. The SMILES string of the molecule is C=CC(=O)CCC(CC)CCN. The van der Waals surface area contributed by atoms with Crippen molar-refractivity contribution in [2.75, 3.05) is 6.54 Å². The molecule has 12 heavy (non-hydrogen) atoms. The fraction of sp³-hybridized carbons (Fsp3) is 0.700. The molecule has 2 nitrogen and oxygen atoms in total. The molecule has 2 N–H and O–H groups in total. The molecule has 0 aromatic heterocycles. The fourth-order valence-electron chi connectivity index (χ4n) is 1.24. The molecule has 0 bridgehead atoms. The maximum absolute atomic E-state index is 10.9. The topological polar surface area (TPSA) is 43.1 Å². The minimum Gasteiger partial charge on any atom is -0.330 e. The highest BCUT2D eigenvalue weighted by molar-refractivity contribution is 5.88. The summed E-state index contributed by atoms with van der Waals surface area (Å²) in [7, 11) is 0. The number of hydrogen-bond acceptors (Lipinski definition) is 2. The van der Waals surface area contributed by atoms with Crippen LogP contribution in [-0.4, -0.2) is 12.3 Å². The molecule has 0 aliphatic carbocycles. The zero-order chi connectivity index (χ0) is 9.40. The van der Waals surface area contributed by atoms with Crippen molar-refractivity contribution in [1.82, 2.24) is 0 Å². The summed E-state index contributed by atoms with van der Waals surface area (Å²) in [5.41, 5.74) is 5.44. The Morgan fingerprint density at radius 3 is 2.67 bits per heavy atom. The van der Waals surface area contributed by atoms with Crippen LogP contribution in [0, 0.1) is 5.92 Å². The van der Waals surface area contributed by atoms with Gasteiger partial charge in [-0.15, -0.1) is 0 Å². The van der Waals surface area contributed by atoms with Crippen molar-refractivity contribution in [2.24, 2.45) is 11.7 Å². The van der Waals surface area contributed by atoms with Gasteiger partial charge in [0.25, 0.3) is 0 Å². The van der Waals surface area contributed by atoms with Crippen molar-refractivity contribution in [2.45, 2.75) is 32.6 Å². The van der Waals surface area contributed by atoms with Crippen LogP contribution < -0.4 is 5.73 Å². The maximum atomic E-state index is 10.9. The first-order valence-corrected chi connectivity index (χ1v) is 4.59. The van der Waals surface area contributed by atoms with Gasteiger partial charge in [0.15, 0.2) is 5.78 Å². The summed E-state index contributed by atoms with van der Waals surface area (Å²) < 4.78 is 0. The van der Waals surface area contributed by atoms with Gasteiger partial charge in [-0.25, -0.2) is 0 Å². The van der Waals surface area contributed by atoms with E-state index < -0.39 is 0 Å². The van der Waals surface area contributed by atoms with Crippen LogP contribution in [0.5, 0.6) is 0 Å². The van der Waals surface area contributed by atoms with Gasteiger partial charge in [0, 0.05) is 6.42 Å². The molecule has 1 unspecified atom stereocenters. The van der Waals surface area contributed by atoms with Gasteiger partial charge in [-0.2, -0.15) is 0 Å². The van der Waals surface area contributed by atoms with Crippen LogP contribution >= 0.6 is 0 Å². The second kappa shape index (κ2) is 7.04. The third-order valence-corrected chi connectivity index (χ3v) is 2.18. The number of carbonyl (C=O) groups excluding carboxylic acids is 1. The zero-order valence-corrected chi connectivity index (χ0v) is 7.88. The quantitative estimate of drug-likeness (QED) is 0.591. The van der Waals surface area contributed by atoms with Crippen molar-refractivity contribution >= 4 is 5.78 Å². The Morgan fingerprint density at radius 2 is 2.25 bits per heavy atom. The van der Waals surface area contributed by atoms with E-state index in [1.165, 1.54) is 6.08 Å². The number of carbonyl (C=O) groups is 1. The minimum absolute atomic E-state index is 0.144. The van der Waals surface area contributed by atoms with Crippen LogP contribution in [0.1, 0.15) is 32.6 Å². The third kappa shape index (κ3) is 5.08. The second-order valence-corrected chi connectivity index (χ2v) is 3.06. The fourth-order valence-corrected chi connectivity index (χ4v) is 1.24. The molecule has 0 fully saturated rings. The molecule has 0 aromatic carbocycles. The predicted molar refractivity (Wildman–Crippen MR) is 51.9 cm³/mol. The second-order valence-electron chi connectivity index (χ2n) is 3.06. The van der Waals surface area contributed by atoms with Gasteiger partial charge in [0.2, 0.25) is 0 Å². The van der Waals surface area contributed by atoms with Crippen LogP contribution in [0.2, 0.25) is 0 Å². The standard InChI is InChI=1S/C10H19NO/c1-3-9(7-8-11)5-6-10(12)4-2/h4,9H,2-3,5-8,11H2,1H3. The zero-order valence-electron chi connectivity index (χ0n) is 7.88. The molecule has 0 aromatic rings. The molecule has 0 rings (SSSR count). The molecule has 1 atom stereocenters. The van der Waals surface area contributed by atoms with Crippen LogP contribution in [0.4, 0.5) is 0 Å². The van der Waals surface area contributed by atoms with Crippen molar-refractivity contribution in [3.8, 4) is 0 Å². The Labute approximate surface area is 74.8 Å². The van der Waals surface area contributed by atoms with Gasteiger partial charge in [-0.3, -0.25) is 4.79 Å². The molecular formula is C10H19NO. The molecule has 0 saturated heterocycles. The first-order valence-electron chi connectivity index (χ1n) is 4.59. The van der Waals surface area contributed by atoms with Crippen molar-refractivity contribution in [1.29, 1.82) is 0 Å². The van der Waals surface area contributed by atoms with E-state index in [4.69, 9.17) is 5.73 Å². The van der Waals surface area contributed by atoms with E-state index in [0.29, 0.717) is 12.3 Å². The minimum atomic E-state index is 0.144. The molecule has 0 aliphatic heterocycles. The van der Waals surface area contributed by atoms with E-state index in [1.54, 1.807) is 0 Å². The van der Waals surface area contributed by atoms with Gasteiger partial charge < -0.3 is 5.73 Å². The van der Waals surface area contributed by atoms with E-state index in [-0.39, 0.29) is 5.78 Å². The monoisotopic (exact) mass is 169 g/mol. The Morgan fingerprint density at radius 1 is 1.58 bits per heavy atom. The predicted octanol–water partition coefficient (Wildman–Crippen LogP) is 1.90. The number of hydrogen-bond donors (Lipinski definition) is 1. The molecule has 0 amide bonds. The average Bonchev–Trinajstić information content (AvgIpc) is 2.11. The van der Waals surface area contributed by atoms with E-state index in [1.807, 2.05) is 0 Å². The largest absolute Gasteiger partial charge is 0.330 e. The molecular weight excluding hydrogens is 150 g/mol. The Balaban J connectivity index is 3.56. The van der Waals surface area contributed by atoms with Crippen LogP contribution in [0.3, 0.4) is 0 Å². The number of allylic oxidation sites excluding steroid dienone is 1. The van der Waals surface area contributed by atoms with Crippen LogP contribution in [0.25, 0.3) is 0 Å². The average molecular weight is 169 g/mol. The summed E-state index contributed by atoms with van der Waals surface area (Å²) in [6.07, 6.45) is 5.12. The normalized spacial score (nSPS) is 12.5. The summed E-state index contributed by atoms with van der Waals surface area (Å²) in [5.74, 6) is 0.754. The molecule has 0 heterocycles. The van der Waals surface area contributed by atoms with Crippen LogP contribution in [-0.2, 0) is 4.79 Å². The molecule has 0 saturated carbocycles. The summed E-state index contributed by atoms with van der Waals surface area (Å²) in [6.45, 7) is 6.30. The van der Waals surface area contributed by atoms with Crippen LogP contribution in [0.15, 0.2) is 12.7 Å². The number of nitrogens with two attached hydrogens (primary N) is 1. The van der Waals surface area contributed by atoms with Crippen molar-refractivity contribution in [3.63, 3.8) is 0 Å². The van der Waals surface area contributed by atoms with E-state index in [2.05, 4.69) is 13.5 Å². The molecule has 0 aliphatic rings. The number of ketones is 1. The first kappa shape index (κ1) is 11.4. The molecule has 0 radical (unpaired) electrons. The highest BCUT2D eigenvalue weighted by Gasteiger charge is 2.06. The van der Waals surface area contributed by atoms with Gasteiger partial charge >= 0.3 is 0 Å². The highest BCUT2D eigenvalue weighted by atomic mass is 16.1.